The summed E-state index contributed by atoms with van der Waals surface area (Å²) in [6, 6.07) is 9.09. The van der Waals surface area contributed by atoms with E-state index in [1.165, 1.54) is 7.11 Å². The van der Waals surface area contributed by atoms with Crippen LogP contribution in [0.1, 0.15) is 37.8 Å². The number of benzene rings is 1. The SMILES string of the molecule is CCCC(NC(=O)CN1CCNC(=O)C1CC(=O)OC)c1ccccc1. The van der Waals surface area contributed by atoms with Crippen LogP contribution in [-0.4, -0.2) is 55.5 Å². The number of hydrogen-bond acceptors (Lipinski definition) is 5. The number of ether oxygens (including phenoxy) is 1. The van der Waals surface area contributed by atoms with Crippen LogP contribution in [-0.2, 0) is 19.1 Å². The zero-order chi connectivity index (χ0) is 18.9. The van der Waals surface area contributed by atoms with E-state index in [1.54, 1.807) is 4.90 Å². The zero-order valence-corrected chi connectivity index (χ0v) is 15.4. The number of carbonyl (C=O) groups excluding carboxylic acids is 3. The second-order valence-electron chi connectivity index (χ2n) is 6.38. The summed E-state index contributed by atoms with van der Waals surface area (Å²) in [7, 11) is 1.29. The molecule has 0 radical (unpaired) electrons. The van der Waals surface area contributed by atoms with Crippen LogP contribution in [0.3, 0.4) is 0 Å². The third-order valence-electron chi connectivity index (χ3n) is 4.49. The molecular weight excluding hydrogens is 334 g/mol. The Morgan fingerprint density at radius 3 is 2.73 bits per heavy atom. The van der Waals surface area contributed by atoms with E-state index in [9.17, 15) is 14.4 Å². The van der Waals surface area contributed by atoms with E-state index in [0.29, 0.717) is 13.1 Å². The fourth-order valence-corrected chi connectivity index (χ4v) is 3.14. The van der Waals surface area contributed by atoms with Crippen molar-refractivity contribution in [2.45, 2.75) is 38.3 Å². The first-order valence-corrected chi connectivity index (χ1v) is 8.98. The number of amides is 2. The molecule has 1 heterocycles. The Balaban J connectivity index is 2.01. The average Bonchev–Trinajstić information content (AvgIpc) is 2.64. The Bertz CT molecular complexity index is 620. The minimum Gasteiger partial charge on any atom is -0.469 e. The van der Waals surface area contributed by atoms with Crippen molar-refractivity contribution in [2.75, 3.05) is 26.7 Å². The van der Waals surface area contributed by atoms with Gasteiger partial charge in [0.25, 0.3) is 0 Å². The van der Waals surface area contributed by atoms with Gasteiger partial charge in [-0.1, -0.05) is 43.7 Å². The van der Waals surface area contributed by atoms with Crippen LogP contribution < -0.4 is 10.6 Å². The van der Waals surface area contributed by atoms with Gasteiger partial charge in [0.05, 0.1) is 26.1 Å². The minimum atomic E-state index is -0.677. The fourth-order valence-electron chi connectivity index (χ4n) is 3.14. The molecule has 2 N–H and O–H groups in total. The Kier molecular flexibility index (Phi) is 7.59. The second-order valence-corrected chi connectivity index (χ2v) is 6.38. The van der Waals surface area contributed by atoms with E-state index < -0.39 is 12.0 Å². The molecule has 1 saturated heterocycles. The third-order valence-corrected chi connectivity index (χ3v) is 4.49. The standard InChI is InChI=1S/C19H27N3O4/c1-3-7-15(14-8-5-4-6-9-14)21-17(23)13-22-11-10-20-19(25)16(22)12-18(24)26-2/h4-6,8-9,15-16H,3,7,10-13H2,1-2H3,(H,20,25)(H,21,23). The molecule has 2 amide bonds. The highest BCUT2D eigenvalue weighted by Crippen LogP contribution is 2.18. The van der Waals surface area contributed by atoms with Gasteiger partial charge in [-0.3, -0.25) is 19.3 Å². The minimum absolute atomic E-state index is 0.0628. The first kappa shape index (κ1) is 19.9. The molecule has 1 fully saturated rings. The van der Waals surface area contributed by atoms with Gasteiger partial charge in [-0.05, 0) is 12.0 Å². The molecule has 7 heteroatoms. The predicted octanol–water partition coefficient (Wildman–Crippen LogP) is 1.01. The molecule has 1 aliphatic rings. The molecule has 0 saturated carbocycles. The molecule has 26 heavy (non-hydrogen) atoms. The maximum Gasteiger partial charge on any atom is 0.307 e. The summed E-state index contributed by atoms with van der Waals surface area (Å²) in [6.45, 7) is 3.12. The highest BCUT2D eigenvalue weighted by atomic mass is 16.5. The number of rotatable bonds is 8. The first-order valence-electron chi connectivity index (χ1n) is 8.98. The summed E-state index contributed by atoms with van der Waals surface area (Å²) in [5, 5.41) is 5.79. The van der Waals surface area contributed by atoms with Crippen LogP contribution in [0.4, 0.5) is 0 Å². The Morgan fingerprint density at radius 1 is 1.35 bits per heavy atom. The van der Waals surface area contributed by atoms with E-state index >= 15 is 0 Å². The molecule has 0 bridgehead atoms. The van der Waals surface area contributed by atoms with Gasteiger partial charge in [-0.2, -0.15) is 0 Å². The summed E-state index contributed by atoms with van der Waals surface area (Å²) in [5.74, 6) is -0.870. The Morgan fingerprint density at radius 2 is 2.08 bits per heavy atom. The van der Waals surface area contributed by atoms with E-state index in [4.69, 9.17) is 0 Å². The molecule has 1 aromatic rings. The maximum absolute atomic E-state index is 12.6. The normalized spacial score (nSPS) is 18.7. The summed E-state index contributed by atoms with van der Waals surface area (Å²) >= 11 is 0. The topological polar surface area (TPSA) is 87.7 Å². The highest BCUT2D eigenvalue weighted by molar-refractivity contribution is 5.88. The first-order chi connectivity index (χ1) is 12.5. The number of nitrogens with zero attached hydrogens (tertiary/aromatic N) is 1. The van der Waals surface area contributed by atoms with Gasteiger partial charge in [0.2, 0.25) is 11.8 Å². The van der Waals surface area contributed by atoms with Gasteiger partial charge in [-0.25, -0.2) is 0 Å². The Labute approximate surface area is 154 Å². The van der Waals surface area contributed by atoms with E-state index in [-0.39, 0.29) is 30.8 Å². The van der Waals surface area contributed by atoms with E-state index in [2.05, 4.69) is 22.3 Å². The van der Waals surface area contributed by atoms with Gasteiger partial charge in [0.1, 0.15) is 6.04 Å². The molecule has 2 unspecified atom stereocenters. The lowest BCUT2D eigenvalue weighted by Crippen LogP contribution is -2.58. The quantitative estimate of drug-likeness (QED) is 0.675. The van der Waals surface area contributed by atoms with Crippen LogP contribution in [0.2, 0.25) is 0 Å². The number of methoxy groups -OCH3 is 1. The van der Waals surface area contributed by atoms with E-state index in [1.807, 2.05) is 30.3 Å². The average molecular weight is 361 g/mol. The summed E-state index contributed by atoms with van der Waals surface area (Å²) in [4.78, 5) is 38.0. The van der Waals surface area contributed by atoms with Crippen LogP contribution in [0, 0.1) is 0 Å². The highest BCUT2D eigenvalue weighted by Gasteiger charge is 2.33. The fraction of sp³-hybridized carbons (Fsp3) is 0.526. The lowest BCUT2D eigenvalue weighted by molar-refractivity contribution is -0.146. The van der Waals surface area contributed by atoms with Gasteiger partial charge in [0.15, 0.2) is 0 Å². The van der Waals surface area contributed by atoms with Gasteiger partial charge in [0, 0.05) is 13.1 Å². The molecule has 2 rings (SSSR count). The number of carbonyl (C=O) groups is 3. The number of esters is 1. The van der Waals surface area contributed by atoms with Crippen molar-refractivity contribution >= 4 is 17.8 Å². The lowest BCUT2D eigenvalue weighted by Gasteiger charge is -2.34. The molecule has 0 aromatic heterocycles. The van der Waals surface area contributed by atoms with Crippen molar-refractivity contribution in [3.05, 3.63) is 35.9 Å². The van der Waals surface area contributed by atoms with Crippen molar-refractivity contribution in [3.63, 3.8) is 0 Å². The number of nitrogens with one attached hydrogen (secondary N) is 2. The zero-order valence-electron chi connectivity index (χ0n) is 15.4. The van der Waals surface area contributed by atoms with Crippen LogP contribution in [0.25, 0.3) is 0 Å². The smallest absolute Gasteiger partial charge is 0.307 e. The van der Waals surface area contributed by atoms with Crippen molar-refractivity contribution in [3.8, 4) is 0 Å². The monoisotopic (exact) mass is 361 g/mol. The molecule has 7 nitrogen and oxygen atoms in total. The largest absolute Gasteiger partial charge is 0.469 e. The van der Waals surface area contributed by atoms with Crippen LogP contribution in [0.15, 0.2) is 30.3 Å². The maximum atomic E-state index is 12.6. The van der Waals surface area contributed by atoms with Gasteiger partial charge in [-0.15, -0.1) is 0 Å². The molecule has 2 atom stereocenters. The van der Waals surface area contributed by atoms with Crippen molar-refractivity contribution in [2.24, 2.45) is 0 Å². The van der Waals surface area contributed by atoms with Crippen molar-refractivity contribution in [1.29, 1.82) is 0 Å². The van der Waals surface area contributed by atoms with E-state index in [0.717, 1.165) is 18.4 Å². The van der Waals surface area contributed by atoms with Gasteiger partial charge >= 0.3 is 5.97 Å². The predicted molar refractivity (Wildman–Crippen MR) is 97.2 cm³/mol. The van der Waals surface area contributed by atoms with Crippen LogP contribution >= 0.6 is 0 Å². The number of hydrogen-bond donors (Lipinski definition) is 2. The molecule has 0 spiro atoms. The second kappa shape index (κ2) is 9.91. The lowest BCUT2D eigenvalue weighted by atomic mass is 10.0. The summed E-state index contributed by atoms with van der Waals surface area (Å²) in [6.07, 6.45) is 1.71. The number of piperazine rings is 1. The van der Waals surface area contributed by atoms with Crippen LogP contribution in [0.5, 0.6) is 0 Å². The molecule has 0 aliphatic carbocycles. The molecule has 142 valence electrons. The molecular formula is C19H27N3O4. The van der Waals surface area contributed by atoms with Crippen molar-refractivity contribution in [1.82, 2.24) is 15.5 Å². The summed E-state index contributed by atoms with van der Waals surface area (Å²) < 4.78 is 4.66. The molecule has 1 aliphatic heterocycles. The van der Waals surface area contributed by atoms with Gasteiger partial charge < -0.3 is 15.4 Å². The Hall–Kier alpha value is -2.41. The van der Waals surface area contributed by atoms with Crippen molar-refractivity contribution < 1.29 is 19.1 Å². The molecule has 1 aromatic carbocycles. The summed E-state index contributed by atoms with van der Waals surface area (Å²) in [5.41, 5.74) is 1.06. The third kappa shape index (κ3) is 5.56.